The number of hydrogen-bond donors (Lipinski definition) is 1. The molecule has 1 aromatic rings. The van der Waals surface area contributed by atoms with E-state index in [-0.39, 0.29) is 0 Å². The van der Waals surface area contributed by atoms with Gasteiger partial charge in [0, 0.05) is 38.9 Å². The number of aromatic nitrogens is 2. The van der Waals surface area contributed by atoms with E-state index in [1.54, 1.807) is 12.4 Å². The molecule has 2 aliphatic heterocycles. The molecule has 2 fully saturated rings. The second-order valence-corrected chi connectivity index (χ2v) is 5.20. The third kappa shape index (κ3) is 2.12. The molecule has 96 valence electrons. The molecule has 6 heteroatoms. The third-order valence-electron chi connectivity index (χ3n) is 3.64. The first-order chi connectivity index (χ1) is 8.68. The molecule has 0 spiro atoms. The summed E-state index contributed by atoms with van der Waals surface area (Å²) >= 11 is 0. The molecule has 0 aromatic carbocycles. The lowest BCUT2D eigenvalue weighted by atomic mass is 9.99. The van der Waals surface area contributed by atoms with Crippen molar-refractivity contribution in [1.82, 2.24) is 14.7 Å². The number of rotatable bonds is 3. The molecule has 1 N–H and O–H groups in total. The molecule has 3 heterocycles. The summed E-state index contributed by atoms with van der Waals surface area (Å²) in [6, 6.07) is 2.39. The zero-order valence-corrected chi connectivity index (χ0v) is 10.1. The number of nitrogens with zero attached hydrogens (tertiary/aromatic N) is 4. The maximum atomic E-state index is 10.2. The minimum Gasteiger partial charge on any atom is -0.386 e. The van der Waals surface area contributed by atoms with Crippen LogP contribution in [-0.2, 0) is 4.74 Å². The van der Waals surface area contributed by atoms with Crippen LogP contribution in [0.3, 0.4) is 0 Å². The minimum absolute atomic E-state index is 0.318. The van der Waals surface area contributed by atoms with Crippen molar-refractivity contribution in [3.63, 3.8) is 0 Å². The van der Waals surface area contributed by atoms with Crippen molar-refractivity contribution in [3.8, 4) is 6.07 Å². The summed E-state index contributed by atoms with van der Waals surface area (Å²) in [5.41, 5.74) is -0.0799. The quantitative estimate of drug-likeness (QED) is 0.799. The minimum atomic E-state index is -0.674. The molecular formula is C12H16N4O2. The predicted octanol–water partition coefficient (Wildman–Crippen LogP) is -0.237. The fourth-order valence-corrected chi connectivity index (χ4v) is 2.57. The molecule has 3 rings (SSSR count). The summed E-state index contributed by atoms with van der Waals surface area (Å²) in [6.45, 7) is 3.49. The number of aliphatic hydroxyl groups is 1. The van der Waals surface area contributed by atoms with Gasteiger partial charge in [0.1, 0.15) is 11.7 Å². The van der Waals surface area contributed by atoms with Gasteiger partial charge in [-0.3, -0.25) is 9.58 Å². The second-order valence-electron chi connectivity index (χ2n) is 5.20. The number of likely N-dealkylation sites (tertiary alicyclic amines) is 1. The highest BCUT2D eigenvalue weighted by atomic mass is 16.5. The standard InChI is InChI=1S/C12H16N4O2/c13-3-10-4-14-16(5-10)11-6-15(7-11)8-12(17)1-2-18-9-12/h4-5,11,17H,1-2,6-9H2. The highest BCUT2D eigenvalue weighted by Crippen LogP contribution is 2.26. The van der Waals surface area contributed by atoms with E-state index in [4.69, 9.17) is 10.00 Å². The molecule has 2 aliphatic rings. The van der Waals surface area contributed by atoms with Gasteiger partial charge in [-0.15, -0.1) is 0 Å². The lowest BCUT2D eigenvalue weighted by Crippen LogP contribution is -2.54. The number of nitriles is 1. The van der Waals surface area contributed by atoms with Gasteiger partial charge in [0.05, 0.1) is 24.4 Å². The van der Waals surface area contributed by atoms with Crippen LogP contribution in [0.4, 0.5) is 0 Å². The van der Waals surface area contributed by atoms with Crippen molar-refractivity contribution in [3.05, 3.63) is 18.0 Å². The van der Waals surface area contributed by atoms with E-state index in [0.29, 0.717) is 37.8 Å². The van der Waals surface area contributed by atoms with E-state index >= 15 is 0 Å². The average Bonchev–Trinajstić information content (AvgIpc) is 2.92. The van der Waals surface area contributed by atoms with Crippen LogP contribution in [0.25, 0.3) is 0 Å². The maximum Gasteiger partial charge on any atom is 0.103 e. The largest absolute Gasteiger partial charge is 0.386 e. The Bertz CT molecular complexity index is 467. The smallest absolute Gasteiger partial charge is 0.103 e. The van der Waals surface area contributed by atoms with Crippen LogP contribution in [-0.4, -0.2) is 58.2 Å². The Hall–Kier alpha value is -1.42. The van der Waals surface area contributed by atoms with Gasteiger partial charge in [0.2, 0.25) is 0 Å². The Morgan fingerprint density at radius 1 is 1.61 bits per heavy atom. The molecular weight excluding hydrogens is 232 g/mol. The molecule has 1 unspecified atom stereocenters. The van der Waals surface area contributed by atoms with E-state index in [1.807, 2.05) is 4.68 Å². The molecule has 1 atom stereocenters. The first-order valence-corrected chi connectivity index (χ1v) is 6.15. The zero-order valence-electron chi connectivity index (χ0n) is 10.1. The Morgan fingerprint density at radius 3 is 3.06 bits per heavy atom. The van der Waals surface area contributed by atoms with Crippen LogP contribution in [0.5, 0.6) is 0 Å². The highest BCUT2D eigenvalue weighted by molar-refractivity contribution is 5.22. The number of β-amino-alcohol motifs (C(OH)–C–C–N with tert-alkyl or cyclic N) is 1. The molecule has 0 bridgehead atoms. The molecule has 1 aromatic heterocycles. The van der Waals surface area contributed by atoms with E-state index in [9.17, 15) is 5.11 Å². The lowest BCUT2D eigenvalue weighted by molar-refractivity contribution is -0.0339. The summed E-state index contributed by atoms with van der Waals surface area (Å²) < 4.78 is 7.07. The van der Waals surface area contributed by atoms with Gasteiger partial charge in [-0.25, -0.2) is 0 Å². The van der Waals surface area contributed by atoms with Crippen molar-refractivity contribution in [2.75, 3.05) is 32.8 Å². The molecule has 0 aliphatic carbocycles. The second kappa shape index (κ2) is 4.35. The van der Waals surface area contributed by atoms with E-state index in [0.717, 1.165) is 13.1 Å². The van der Waals surface area contributed by atoms with Crippen LogP contribution in [0.15, 0.2) is 12.4 Å². The van der Waals surface area contributed by atoms with Gasteiger partial charge in [0.15, 0.2) is 0 Å². The topological polar surface area (TPSA) is 74.3 Å². The van der Waals surface area contributed by atoms with Gasteiger partial charge in [-0.1, -0.05) is 0 Å². The zero-order chi connectivity index (χ0) is 12.6. The van der Waals surface area contributed by atoms with Gasteiger partial charge >= 0.3 is 0 Å². The Labute approximate surface area is 105 Å². The van der Waals surface area contributed by atoms with Crippen LogP contribution in [0.1, 0.15) is 18.0 Å². The van der Waals surface area contributed by atoms with E-state index in [2.05, 4.69) is 16.1 Å². The third-order valence-corrected chi connectivity index (χ3v) is 3.64. The van der Waals surface area contributed by atoms with Crippen LogP contribution < -0.4 is 0 Å². The Morgan fingerprint density at radius 2 is 2.44 bits per heavy atom. The summed E-state index contributed by atoms with van der Waals surface area (Å²) in [5.74, 6) is 0. The number of ether oxygens (including phenoxy) is 1. The first-order valence-electron chi connectivity index (χ1n) is 6.15. The van der Waals surface area contributed by atoms with Crippen LogP contribution >= 0.6 is 0 Å². The van der Waals surface area contributed by atoms with Gasteiger partial charge in [-0.2, -0.15) is 10.4 Å². The Balaban J connectivity index is 1.52. The van der Waals surface area contributed by atoms with Crippen molar-refractivity contribution < 1.29 is 9.84 Å². The summed E-state index contributed by atoms with van der Waals surface area (Å²) in [7, 11) is 0. The predicted molar refractivity (Wildman–Crippen MR) is 62.8 cm³/mol. The molecule has 0 amide bonds. The molecule has 6 nitrogen and oxygen atoms in total. The summed E-state index contributed by atoms with van der Waals surface area (Å²) in [5, 5.41) is 23.1. The molecule has 0 radical (unpaired) electrons. The van der Waals surface area contributed by atoms with E-state index < -0.39 is 5.60 Å². The summed E-state index contributed by atoms with van der Waals surface area (Å²) in [6.07, 6.45) is 4.07. The average molecular weight is 248 g/mol. The van der Waals surface area contributed by atoms with Crippen LogP contribution in [0.2, 0.25) is 0 Å². The van der Waals surface area contributed by atoms with Crippen molar-refractivity contribution >= 4 is 0 Å². The fourth-order valence-electron chi connectivity index (χ4n) is 2.57. The van der Waals surface area contributed by atoms with Crippen molar-refractivity contribution in [2.45, 2.75) is 18.1 Å². The van der Waals surface area contributed by atoms with E-state index in [1.165, 1.54) is 0 Å². The summed E-state index contributed by atoms with van der Waals surface area (Å²) in [4.78, 5) is 2.20. The molecule has 0 saturated carbocycles. The van der Waals surface area contributed by atoms with Crippen molar-refractivity contribution in [1.29, 1.82) is 5.26 Å². The van der Waals surface area contributed by atoms with Gasteiger partial charge in [0.25, 0.3) is 0 Å². The molecule has 18 heavy (non-hydrogen) atoms. The normalized spacial score (nSPS) is 29.1. The van der Waals surface area contributed by atoms with Gasteiger partial charge < -0.3 is 9.84 Å². The van der Waals surface area contributed by atoms with Crippen molar-refractivity contribution in [2.24, 2.45) is 0 Å². The lowest BCUT2D eigenvalue weighted by Gasteiger charge is -2.42. The monoisotopic (exact) mass is 248 g/mol. The maximum absolute atomic E-state index is 10.2. The first kappa shape index (κ1) is 11.7. The van der Waals surface area contributed by atoms with Gasteiger partial charge in [-0.05, 0) is 0 Å². The van der Waals surface area contributed by atoms with Crippen LogP contribution in [0, 0.1) is 11.3 Å². The number of hydrogen-bond acceptors (Lipinski definition) is 5. The Kier molecular flexibility index (Phi) is 2.82. The fraction of sp³-hybridized carbons (Fsp3) is 0.667. The highest BCUT2D eigenvalue weighted by Gasteiger charge is 2.38. The molecule has 2 saturated heterocycles. The SMILES string of the molecule is N#Cc1cnn(C2CN(CC3(O)CCOC3)C2)c1.